The molecule has 15 heavy (non-hydrogen) atoms. The molecule has 0 aliphatic carbocycles. The lowest BCUT2D eigenvalue weighted by atomic mass is 10.0. The smallest absolute Gasteiger partial charge is 0.186 e. The van der Waals surface area contributed by atoms with Crippen molar-refractivity contribution in [2.24, 2.45) is 5.92 Å². The number of carbonyl (C=O) groups excluding carboxylic acids is 1. The van der Waals surface area contributed by atoms with E-state index in [1.54, 1.807) is 0 Å². The monoisotopic (exact) mass is 226 g/mol. The van der Waals surface area contributed by atoms with Gasteiger partial charge in [0.2, 0.25) is 0 Å². The van der Waals surface area contributed by atoms with Gasteiger partial charge in [0, 0.05) is 18.3 Å². The van der Waals surface area contributed by atoms with Crippen molar-refractivity contribution in [2.45, 2.75) is 6.42 Å². The minimum absolute atomic E-state index is 0.0532. The first kappa shape index (κ1) is 10.2. The number of sulfone groups is 1. The van der Waals surface area contributed by atoms with Crippen LogP contribution in [-0.2, 0) is 9.84 Å². The lowest BCUT2D eigenvalue weighted by molar-refractivity contribution is 0.0928. The maximum absolute atomic E-state index is 11.8. The van der Waals surface area contributed by atoms with Crippen LogP contribution in [0.5, 0.6) is 0 Å². The zero-order valence-electron chi connectivity index (χ0n) is 7.96. The molecule has 1 saturated heterocycles. The normalized spacial score (nSPS) is 23.9. The summed E-state index contributed by atoms with van der Waals surface area (Å²) in [5.41, 5.74) is 0.250. The quantitative estimate of drug-likeness (QED) is 0.668. The number of rotatable bonds is 2. The summed E-state index contributed by atoms with van der Waals surface area (Å²) in [6.45, 7) is 0. The molecule has 0 amide bonds. The van der Waals surface area contributed by atoms with E-state index in [9.17, 15) is 13.2 Å². The lowest BCUT2D eigenvalue weighted by Gasteiger charge is -2.04. The van der Waals surface area contributed by atoms with Crippen molar-refractivity contribution < 1.29 is 13.2 Å². The summed E-state index contributed by atoms with van der Waals surface area (Å²) in [6, 6.07) is 0. The van der Waals surface area contributed by atoms with E-state index in [2.05, 4.69) is 9.97 Å². The summed E-state index contributed by atoms with van der Waals surface area (Å²) >= 11 is 0. The van der Waals surface area contributed by atoms with Gasteiger partial charge in [-0.05, 0) is 6.42 Å². The number of carbonyl (C=O) groups is 1. The third kappa shape index (κ3) is 2.20. The zero-order chi connectivity index (χ0) is 10.9. The number of aromatic nitrogens is 2. The molecule has 0 bridgehead atoms. The van der Waals surface area contributed by atoms with Gasteiger partial charge >= 0.3 is 0 Å². The highest BCUT2D eigenvalue weighted by Gasteiger charge is 2.33. The fourth-order valence-corrected chi connectivity index (χ4v) is 3.38. The van der Waals surface area contributed by atoms with Gasteiger partial charge in [-0.2, -0.15) is 0 Å². The average molecular weight is 226 g/mol. The molecule has 1 aromatic heterocycles. The molecule has 1 unspecified atom stereocenters. The first-order valence-corrected chi connectivity index (χ1v) is 6.41. The van der Waals surface area contributed by atoms with E-state index in [1.165, 1.54) is 18.6 Å². The molecule has 2 heterocycles. The highest BCUT2D eigenvalue weighted by Crippen LogP contribution is 2.21. The standard InChI is InChI=1S/C9H10N2O3S/c12-9(8-5-10-2-3-11-8)7-1-4-15(13,14)6-7/h2-3,5,7H,1,4,6H2. The summed E-state index contributed by atoms with van der Waals surface area (Å²) in [5.74, 6) is -0.609. The molecule has 1 fully saturated rings. The van der Waals surface area contributed by atoms with E-state index >= 15 is 0 Å². The number of hydrogen-bond donors (Lipinski definition) is 0. The van der Waals surface area contributed by atoms with Crippen LogP contribution < -0.4 is 0 Å². The number of ketones is 1. The molecular formula is C9H10N2O3S. The minimum Gasteiger partial charge on any atom is -0.292 e. The van der Waals surface area contributed by atoms with Crippen molar-refractivity contribution in [3.63, 3.8) is 0 Å². The van der Waals surface area contributed by atoms with Crippen molar-refractivity contribution in [3.8, 4) is 0 Å². The molecule has 0 spiro atoms. The van der Waals surface area contributed by atoms with Crippen molar-refractivity contribution >= 4 is 15.6 Å². The van der Waals surface area contributed by atoms with Crippen LogP contribution in [0.25, 0.3) is 0 Å². The van der Waals surface area contributed by atoms with Gasteiger partial charge in [0.25, 0.3) is 0 Å². The van der Waals surface area contributed by atoms with Crippen molar-refractivity contribution in [2.75, 3.05) is 11.5 Å². The van der Waals surface area contributed by atoms with Crippen LogP contribution in [0.15, 0.2) is 18.6 Å². The Kier molecular flexibility index (Phi) is 2.52. The van der Waals surface area contributed by atoms with Crippen molar-refractivity contribution in [3.05, 3.63) is 24.3 Å². The summed E-state index contributed by atoms with van der Waals surface area (Å²) < 4.78 is 22.4. The Bertz CT molecular complexity index is 469. The first-order valence-electron chi connectivity index (χ1n) is 4.59. The third-order valence-corrected chi connectivity index (χ3v) is 4.19. The molecule has 1 aliphatic heterocycles. The van der Waals surface area contributed by atoms with Gasteiger partial charge in [-0.15, -0.1) is 0 Å². The molecule has 6 heteroatoms. The molecule has 1 aliphatic rings. The highest BCUT2D eigenvalue weighted by molar-refractivity contribution is 7.91. The summed E-state index contributed by atoms with van der Waals surface area (Å²) in [5, 5.41) is 0. The van der Waals surface area contributed by atoms with Crippen LogP contribution in [0.2, 0.25) is 0 Å². The van der Waals surface area contributed by atoms with Gasteiger partial charge in [-0.1, -0.05) is 0 Å². The van der Waals surface area contributed by atoms with Crippen LogP contribution in [-0.4, -0.2) is 35.7 Å². The van der Waals surface area contributed by atoms with Crippen molar-refractivity contribution in [1.82, 2.24) is 9.97 Å². The van der Waals surface area contributed by atoms with Crippen LogP contribution in [0.4, 0.5) is 0 Å². The summed E-state index contributed by atoms with van der Waals surface area (Å²) in [4.78, 5) is 19.4. The maximum atomic E-state index is 11.8. The van der Waals surface area contributed by atoms with Crippen LogP contribution in [0, 0.1) is 5.92 Å². The molecule has 0 radical (unpaired) electrons. The van der Waals surface area contributed by atoms with E-state index in [-0.39, 0.29) is 23.0 Å². The van der Waals surface area contributed by atoms with Gasteiger partial charge in [0.15, 0.2) is 15.6 Å². The average Bonchev–Trinajstić information content (AvgIpc) is 2.59. The molecule has 80 valence electrons. The predicted octanol–water partition coefficient (Wildman–Crippen LogP) is 0.0940. The predicted molar refractivity (Wildman–Crippen MR) is 53.1 cm³/mol. The Labute approximate surface area is 87.5 Å². The first-order chi connectivity index (χ1) is 7.08. The maximum Gasteiger partial charge on any atom is 0.186 e. The van der Waals surface area contributed by atoms with E-state index in [0.29, 0.717) is 6.42 Å². The fourth-order valence-electron chi connectivity index (χ4n) is 1.64. The third-order valence-electron chi connectivity index (χ3n) is 2.42. The zero-order valence-corrected chi connectivity index (χ0v) is 8.77. The molecule has 2 rings (SSSR count). The number of nitrogens with zero attached hydrogens (tertiary/aromatic N) is 2. The van der Waals surface area contributed by atoms with Gasteiger partial charge in [-0.3, -0.25) is 9.78 Å². The highest BCUT2D eigenvalue weighted by atomic mass is 32.2. The Balaban J connectivity index is 2.18. The second-order valence-electron chi connectivity index (χ2n) is 3.55. The minimum atomic E-state index is -3.02. The molecule has 0 aromatic carbocycles. The summed E-state index contributed by atoms with van der Waals surface area (Å²) in [7, 11) is -3.02. The fraction of sp³-hybridized carbons (Fsp3) is 0.444. The molecule has 1 atom stereocenters. The Morgan fingerprint density at radius 1 is 1.40 bits per heavy atom. The molecule has 0 N–H and O–H groups in total. The Morgan fingerprint density at radius 3 is 2.73 bits per heavy atom. The van der Waals surface area contributed by atoms with Gasteiger partial charge in [0.05, 0.1) is 17.7 Å². The molecule has 5 nitrogen and oxygen atoms in total. The second kappa shape index (κ2) is 3.69. The van der Waals surface area contributed by atoms with E-state index in [1.807, 2.05) is 0 Å². The number of Topliss-reactive ketones (excluding diaryl/α,β-unsaturated/α-hetero) is 1. The lowest BCUT2D eigenvalue weighted by Crippen LogP contribution is -2.17. The number of hydrogen-bond acceptors (Lipinski definition) is 5. The van der Waals surface area contributed by atoms with E-state index in [0.717, 1.165) is 0 Å². The van der Waals surface area contributed by atoms with Crippen LogP contribution in [0.3, 0.4) is 0 Å². The van der Waals surface area contributed by atoms with Crippen LogP contribution >= 0.6 is 0 Å². The molecule has 0 saturated carbocycles. The second-order valence-corrected chi connectivity index (χ2v) is 5.78. The molecular weight excluding hydrogens is 216 g/mol. The topological polar surface area (TPSA) is 77.0 Å². The van der Waals surface area contributed by atoms with Crippen molar-refractivity contribution in [1.29, 1.82) is 0 Å². The molecule has 1 aromatic rings. The Morgan fingerprint density at radius 2 is 2.20 bits per heavy atom. The van der Waals surface area contributed by atoms with Gasteiger partial charge in [0.1, 0.15) is 5.69 Å². The Hall–Kier alpha value is -1.30. The van der Waals surface area contributed by atoms with E-state index in [4.69, 9.17) is 0 Å². The van der Waals surface area contributed by atoms with E-state index < -0.39 is 15.8 Å². The largest absolute Gasteiger partial charge is 0.292 e. The van der Waals surface area contributed by atoms with Gasteiger partial charge < -0.3 is 0 Å². The van der Waals surface area contributed by atoms with Crippen LogP contribution in [0.1, 0.15) is 16.9 Å². The SMILES string of the molecule is O=C(c1cnccn1)C1CCS(=O)(=O)C1. The summed E-state index contributed by atoms with van der Waals surface area (Å²) in [6.07, 6.45) is 4.67. The van der Waals surface area contributed by atoms with Gasteiger partial charge in [-0.25, -0.2) is 13.4 Å².